The zero-order chi connectivity index (χ0) is 13.3. The molecule has 2 aliphatic heterocycles. The maximum atomic E-state index is 13.1. The van der Waals surface area contributed by atoms with Crippen LogP contribution in [0, 0.1) is 5.41 Å². The molecule has 0 spiro atoms. The molecule has 3 aliphatic rings. The standard InChI is InChI=1S/C15H26N2O2/c1-2-6-15(7-8-16-11-15)14(18)17-9-10-19-13-5-3-4-12(13)17/h12-13,16H,2-11H2,1H3. The summed E-state index contributed by atoms with van der Waals surface area (Å²) in [4.78, 5) is 15.3. The normalized spacial score (nSPS) is 38.5. The van der Waals surface area contributed by atoms with Gasteiger partial charge in [-0.2, -0.15) is 0 Å². The lowest BCUT2D eigenvalue weighted by Crippen LogP contribution is -2.56. The summed E-state index contributed by atoms with van der Waals surface area (Å²) in [6, 6.07) is 0.357. The van der Waals surface area contributed by atoms with Crippen LogP contribution in [-0.4, -0.2) is 49.2 Å². The highest BCUT2D eigenvalue weighted by Gasteiger charge is 2.47. The molecule has 4 heteroatoms. The second-order valence-corrected chi connectivity index (χ2v) is 6.36. The second-order valence-electron chi connectivity index (χ2n) is 6.36. The Morgan fingerprint density at radius 2 is 2.37 bits per heavy atom. The van der Waals surface area contributed by atoms with Crippen LogP contribution in [-0.2, 0) is 9.53 Å². The van der Waals surface area contributed by atoms with E-state index < -0.39 is 0 Å². The van der Waals surface area contributed by atoms with Crippen LogP contribution in [0.4, 0.5) is 0 Å². The molecule has 1 saturated carbocycles. The van der Waals surface area contributed by atoms with E-state index in [2.05, 4.69) is 17.1 Å². The molecule has 2 heterocycles. The lowest BCUT2D eigenvalue weighted by atomic mass is 9.80. The van der Waals surface area contributed by atoms with Gasteiger partial charge in [-0.15, -0.1) is 0 Å². The summed E-state index contributed by atoms with van der Waals surface area (Å²) in [5, 5.41) is 3.40. The molecule has 1 amide bonds. The number of rotatable bonds is 3. The fourth-order valence-corrected chi connectivity index (χ4v) is 4.21. The van der Waals surface area contributed by atoms with Crippen LogP contribution < -0.4 is 5.32 Å². The number of carbonyl (C=O) groups is 1. The summed E-state index contributed by atoms with van der Waals surface area (Å²) in [5.74, 6) is 0.402. The van der Waals surface area contributed by atoms with Gasteiger partial charge in [-0.3, -0.25) is 4.79 Å². The molecule has 19 heavy (non-hydrogen) atoms. The number of morpholine rings is 1. The van der Waals surface area contributed by atoms with Crippen LogP contribution in [0.3, 0.4) is 0 Å². The third-order valence-electron chi connectivity index (χ3n) is 5.17. The first-order valence-corrected chi connectivity index (χ1v) is 7.90. The number of fused-ring (bicyclic) bond motifs is 1. The van der Waals surface area contributed by atoms with Gasteiger partial charge in [0, 0.05) is 13.1 Å². The summed E-state index contributed by atoms with van der Waals surface area (Å²) >= 11 is 0. The van der Waals surface area contributed by atoms with Crippen molar-refractivity contribution in [3.05, 3.63) is 0 Å². The highest BCUT2D eigenvalue weighted by Crippen LogP contribution is 2.37. The van der Waals surface area contributed by atoms with Crippen molar-refractivity contribution in [1.82, 2.24) is 10.2 Å². The number of carbonyl (C=O) groups excluding carboxylic acids is 1. The van der Waals surface area contributed by atoms with E-state index in [1.165, 1.54) is 6.42 Å². The van der Waals surface area contributed by atoms with E-state index in [9.17, 15) is 4.79 Å². The van der Waals surface area contributed by atoms with Crippen molar-refractivity contribution >= 4 is 5.91 Å². The topological polar surface area (TPSA) is 41.6 Å². The monoisotopic (exact) mass is 266 g/mol. The molecule has 3 fully saturated rings. The minimum atomic E-state index is -0.126. The van der Waals surface area contributed by atoms with Gasteiger partial charge >= 0.3 is 0 Å². The Balaban J connectivity index is 1.77. The van der Waals surface area contributed by atoms with Gasteiger partial charge in [0.15, 0.2) is 0 Å². The largest absolute Gasteiger partial charge is 0.374 e. The van der Waals surface area contributed by atoms with Crippen LogP contribution >= 0.6 is 0 Å². The van der Waals surface area contributed by atoms with Gasteiger partial charge in [-0.25, -0.2) is 0 Å². The van der Waals surface area contributed by atoms with Gasteiger partial charge in [0.25, 0.3) is 0 Å². The Morgan fingerprint density at radius 3 is 3.11 bits per heavy atom. The van der Waals surface area contributed by atoms with E-state index in [1.807, 2.05) is 0 Å². The molecular weight excluding hydrogens is 240 g/mol. The third kappa shape index (κ3) is 2.29. The quantitative estimate of drug-likeness (QED) is 0.842. The molecule has 0 aromatic rings. The first-order valence-electron chi connectivity index (χ1n) is 7.90. The van der Waals surface area contributed by atoms with Gasteiger partial charge in [0.1, 0.15) is 0 Å². The molecule has 4 nitrogen and oxygen atoms in total. The van der Waals surface area contributed by atoms with Gasteiger partial charge in [0.2, 0.25) is 5.91 Å². The molecule has 3 unspecified atom stereocenters. The molecule has 0 bridgehead atoms. The molecule has 3 atom stereocenters. The van der Waals surface area contributed by atoms with Gasteiger partial charge < -0.3 is 15.0 Å². The maximum Gasteiger partial charge on any atom is 0.230 e. The molecule has 1 N–H and O–H groups in total. The van der Waals surface area contributed by atoms with Crippen molar-refractivity contribution in [2.24, 2.45) is 5.41 Å². The molecule has 0 aromatic carbocycles. The summed E-state index contributed by atoms with van der Waals surface area (Å²) in [6.45, 7) is 5.57. The summed E-state index contributed by atoms with van der Waals surface area (Å²) in [5.41, 5.74) is -0.126. The lowest BCUT2D eigenvalue weighted by Gasteiger charge is -2.42. The smallest absolute Gasteiger partial charge is 0.230 e. The Morgan fingerprint density at radius 1 is 1.47 bits per heavy atom. The fraction of sp³-hybridized carbons (Fsp3) is 0.933. The molecule has 0 aromatic heterocycles. The number of amides is 1. The predicted molar refractivity (Wildman–Crippen MR) is 73.9 cm³/mol. The average Bonchev–Trinajstić information content (AvgIpc) is 3.06. The van der Waals surface area contributed by atoms with Crippen molar-refractivity contribution in [2.45, 2.75) is 57.6 Å². The van der Waals surface area contributed by atoms with Crippen LogP contribution in [0.1, 0.15) is 45.4 Å². The maximum absolute atomic E-state index is 13.1. The van der Waals surface area contributed by atoms with Crippen LogP contribution in [0.2, 0.25) is 0 Å². The fourth-order valence-electron chi connectivity index (χ4n) is 4.21. The number of ether oxygens (including phenoxy) is 1. The Bertz CT molecular complexity index is 339. The van der Waals surface area contributed by atoms with E-state index >= 15 is 0 Å². The molecule has 2 saturated heterocycles. The van der Waals surface area contributed by atoms with E-state index in [4.69, 9.17) is 4.74 Å². The first-order chi connectivity index (χ1) is 9.27. The number of nitrogens with zero attached hydrogens (tertiary/aromatic N) is 1. The summed E-state index contributed by atoms with van der Waals surface area (Å²) in [7, 11) is 0. The summed E-state index contributed by atoms with van der Waals surface area (Å²) in [6.07, 6.45) is 6.90. The van der Waals surface area contributed by atoms with Crippen molar-refractivity contribution in [3.63, 3.8) is 0 Å². The van der Waals surface area contributed by atoms with Gasteiger partial charge in [-0.05, 0) is 38.6 Å². The van der Waals surface area contributed by atoms with Gasteiger partial charge in [-0.1, -0.05) is 13.3 Å². The van der Waals surface area contributed by atoms with Crippen molar-refractivity contribution in [2.75, 3.05) is 26.2 Å². The van der Waals surface area contributed by atoms with Crippen LogP contribution in [0.15, 0.2) is 0 Å². The van der Waals surface area contributed by atoms with Crippen molar-refractivity contribution < 1.29 is 9.53 Å². The van der Waals surface area contributed by atoms with E-state index in [0.29, 0.717) is 18.1 Å². The van der Waals surface area contributed by atoms with E-state index in [0.717, 1.165) is 58.3 Å². The Hall–Kier alpha value is -0.610. The first kappa shape index (κ1) is 13.4. The van der Waals surface area contributed by atoms with Crippen LogP contribution in [0.5, 0.6) is 0 Å². The van der Waals surface area contributed by atoms with Crippen molar-refractivity contribution in [1.29, 1.82) is 0 Å². The number of hydrogen-bond acceptors (Lipinski definition) is 3. The SMILES string of the molecule is CCCC1(C(=O)N2CCOC3CCCC32)CCNC1. The molecule has 3 rings (SSSR count). The highest BCUT2D eigenvalue weighted by atomic mass is 16.5. The summed E-state index contributed by atoms with van der Waals surface area (Å²) < 4.78 is 5.83. The molecule has 0 radical (unpaired) electrons. The number of nitrogens with one attached hydrogen (secondary N) is 1. The Kier molecular flexibility index (Phi) is 3.81. The van der Waals surface area contributed by atoms with E-state index in [-0.39, 0.29) is 5.41 Å². The molecule has 108 valence electrons. The highest BCUT2D eigenvalue weighted by molar-refractivity contribution is 5.84. The predicted octanol–water partition coefficient (Wildman–Crippen LogP) is 1.55. The minimum absolute atomic E-state index is 0.126. The third-order valence-corrected chi connectivity index (χ3v) is 5.17. The molecular formula is C15H26N2O2. The van der Waals surface area contributed by atoms with E-state index in [1.54, 1.807) is 0 Å². The minimum Gasteiger partial charge on any atom is -0.374 e. The lowest BCUT2D eigenvalue weighted by molar-refractivity contribution is -0.154. The van der Waals surface area contributed by atoms with Crippen LogP contribution in [0.25, 0.3) is 0 Å². The number of hydrogen-bond donors (Lipinski definition) is 1. The second kappa shape index (κ2) is 5.41. The van der Waals surface area contributed by atoms with Crippen molar-refractivity contribution in [3.8, 4) is 0 Å². The average molecular weight is 266 g/mol. The molecule has 1 aliphatic carbocycles. The van der Waals surface area contributed by atoms with Gasteiger partial charge in [0.05, 0.1) is 24.2 Å². The Labute approximate surface area is 115 Å². The zero-order valence-corrected chi connectivity index (χ0v) is 12.0. The zero-order valence-electron chi connectivity index (χ0n) is 12.0.